The second-order valence-corrected chi connectivity index (χ2v) is 6.53. The quantitative estimate of drug-likeness (QED) is 0.653. The van der Waals surface area contributed by atoms with E-state index >= 15 is 0 Å². The summed E-state index contributed by atoms with van der Waals surface area (Å²) in [4.78, 5) is 14.5. The van der Waals surface area contributed by atoms with Crippen molar-refractivity contribution in [2.24, 2.45) is 0 Å². The largest absolute Gasteiger partial charge is 0.496 e. The molecule has 0 atom stereocenters. The molecule has 0 N–H and O–H groups in total. The monoisotopic (exact) mass is 366 g/mol. The Hall–Kier alpha value is -3.15. The fraction of sp³-hybridized carbons (Fsp3) is 0.238. The second-order valence-electron chi connectivity index (χ2n) is 6.53. The van der Waals surface area contributed by atoms with Crippen molar-refractivity contribution in [1.29, 1.82) is 0 Å². The van der Waals surface area contributed by atoms with Crippen LogP contribution in [0.1, 0.15) is 28.9 Å². The van der Waals surface area contributed by atoms with Crippen LogP contribution < -0.4 is 4.74 Å². The first-order chi connectivity index (χ1) is 13.2. The van der Waals surface area contributed by atoms with Gasteiger partial charge in [0.05, 0.1) is 24.8 Å². The average molecular weight is 366 g/mol. The lowest BCUT2D eigenvalue weighted by Gasteiger charge is -2.21. The summed E-state index contributed by atoms with van der Waals surface area (Å²) < 4.78 is 24.9. The van der Waals surface area contributed by atoms with Gasteiger partial charge < -0.3 is 14.2 Å². The molecule has 3 aromatic rings. The van der Waals surface area contributed by atoms with Crippen molar-refractivity contribution < 1.29 is 18.4 Å². The standard InChI is InChI=1S/C21H19FN2O3/c1-26-19-9-5-3-7-17(19)20-12-14(23-27-20)13-24(15-10-11-15)21(25)16-6-2-4-8-18(16)22/h2-9,12,15H,10-11,13H2,1H3. The van der Waals surface area contributed by atoms with Gasteiger partial charge in [0.15, 0.2) is 5.76 Å². The number of hydrogen-bond acceptors (Lipinski definition) is 4. The number of para-hydroxylation sites is 1. The molecule has 0 spiro atoms. The van der Waals surface area contributed by atoms with Gasteiger partial charge in [-0.25, -0.2) is 4.39 Å². The van der Waals surface area contributed by atoms with Gasteiger partial charge in [-0.05, 0) is 37.1 Å². The van der Waals surface area contributed by atoms with Crippen LogP contribution in [-0.2, 0) is 6.54 Å². The summed E-state index contributed by atoms with van der Waals surface area (Å²) in [5.41, 5.74) is 1.49. The first kappa shape index (κ1) is 17.3. The van der Waals surface area contributed by atoms with Crippen LogP contribution in [0.4, 0.5) is 4.39 Å². The number of aromatic nitrogens is 1. The van der Waals surface area contributed by atoms with Crippen molar-refractivity contribution in [3.05, 3.63) is 71.7 Å². The Balaban J connectivity index is 1.58. The van der Waals surface area contributed by atoms with Crippen LogP contribution >= 0.6 is 0 Å². The zero-order chi connectivity index (χ0) is 18.8. The normalized spacial score (nSPS) is 13.4. The molecule has 0 saturated heterocycles. The summed E-state index contributed by atoms with van der Waals surface area (Å²) in [7, 11) is 1.60. The minimum Gasteiger partial charge on any atom is -0.496 e. The first-order valence-corrected chi connectivity index (χ1v) is 8.82. The highest BCUT2D eigenvalue weighted by molar-refractivity contribution is 5.94. The average Bonchev–Trinajstić information content (AvgIpc) is 3.43. The fourth-order valence-corrected chi connectivity index (χ4v) is 3.08. The Morgan fingerprint density at radius 1 is 1.22 bits per heavy atom. The number of methoxy groups -OCH3 is 1. The predicted octanol–water partition coefficient (Wildman–Crippen LogP) is 4.29. The van der Waals surface area contributed by atoms with Crippen LogP contribution in [0.3, 0.4) is 0 Å². The van der Waals surface area contributed by atoms with Gasteiger partial charge in [-0.15, -0.1) is 0 Å². The van der Waals surface area contributed by atoms with Crippen LogP contribution in [0, 0.1) is 5.82 Å². The Bertz CT molecular complexity index is 965. The maximum absolute atomic E-state index is 14.0. The van der Waals surface area contributed by atoms with Crippen molar-refractivity contribution in [1.82, 2.24) is 10.1 Å². The van der Waals surface area contributed by atoms with E-state index in [2.05, 4.69) is 5.16 Å². The maximum Gasteiger partial charge on any atom is 0.257 e. The molecule has 1 aromatic heterocycles. The molecule has 1 aliphatic rings. The molecule has 0 bridgehead atoms. The van der Waals surface area contributed by atoms with Crippen LogP contribution in [0.2, 0.25) is 0 Å². The number of rotatable bonds is 6. The molecule has 0 radical (unpaired) electrons. The number of nitrogens with zero attached hydrogens (tertiary/aromatic N) is 2. The van der Waals surface area contributed by atoms with E-state index in [9.17, 15) is 9.18 Å². The molecule has 27 heavy (non-hydrogen) atoms. The molecule has 1 amide bonds. The van der Waals surface area contributed by atoms with Gasteiger partial charge >= 0.3 is 0 Å². The molecule has 2 aromatic carbocycles. The van der Waals surface area contributed by atoms with E-state index in [1.807, 2.05) is 24.3 Å². The Morgan fingerprint density at radius 3 is 2.70 bits per heavy atom. The fourth-order valence-electron chi connectivity index (χ4n) is 3.08. The Labute approximate surface area is 156 Å². The van der Waals surface area contributed by atoms with Gasteiger partial charge in [0.2, 0.25) is 0 Å². The highest BCUT2D eigenvalue weighted by Gasteiger charge is 2.34. The van der Waals surface area contributed by atoms with Gasteiger partial charge in [0, 0.05) is 12.1 Å². The topological polar surface area (TPSA) is 55.6 Å². The van der Waals surface area contributed by atoms with Gasteiger partial charge in [-0.3, -0.25) is 4.79 Å². The Kier molecular flexibility index (Phi) is 4.62. The summed E-state index contributed by atoms with van der Waals surface area (Å²) >= 11 is 0. The van der Waals surface area contributed by atoms with Gasteiger partial charge in [-0.2, -0.15) is 0 Å². The highest BCUT2D eigenvalue weighted by Crippen LogP contribution is 2.33. The lowest BCUT2D eigenvalue weighted by atomic mass is 10.1. The molecule has 0 unspecified atom stereocenters. The summed E-state index contributed by atoms with van der Waals surface area (Å²) in [6, 6.07) is 15.4. The number of carbonyl (C=O) groups excluding carboxylic acids is 1. The number of carbonyl (C=O) groups is 1. The Morgan fingerprint density at radius 2 is 1.96 bits per heavy atom. The first-order valence-electron chi connectivity index (χ1n) is 8.82. The second kappa shape index (κ2) is 7.23. The lowest BCUT2D eigenvalue weighted by molar-refractivity contribution is 0.0721. The zero-order valence-electron chi connectivity index (χ0n) is 14.9. The number of halogens is 1. The van der Waals surface area contributed by atoms with Crippen LogP contribution in [0.15, 0.2) is 59.1 Å². The molecule has 5 nitrogen and oxygen atoms in total. The van der Waals surface area contributed by atoms with Crippen LogP contribution in [-0.4, -0.2) is 29.1 Å². The van der Waals surface area contributed by atoms with Crippen LogP contribution in [0.5, 0.6) is 5.75 Å². The lowest BCUT2D eigenvalue weighted by Crippen LogP contribution is -2.33. The highest BCUT2D eigenvalue weighted by atomic mass is 19.1. The number of benzene rings is 2. The molecule has 1 saturated carbocycles. The zero-order valence-corrected chi connectivity index (χ0v) is 14.9. The number of amides is 1. The minimum atomic E-state index is -0.511. The van der Waals surface area contributed by atoms with Crippen molar-refractivity contribution in [2.75, 3.05) is 7.11 Å². The summed E-state index contributed by atoms with van der Waals surface area (Å²) in [5, 5.41) is 4.10. The number of hydrogen-bond donors (Lipinski definition) is 0. The van der Waals surface area contributed by atoms with E-state index in [-0.39, 0.29) is 24.1 Å². The van der Waals surface area contributed by atoms with E-state index in [0.717, 1.165) is 18.4 Å². The summed E-state index contributed by atoms with van der Waals surface area (Å²) in [5.74, 6) is 0.415. The van der Waals surface area contributed by atoms with E-state index < -0.39 is 5.82 Å². The molecule has 0 aliphatic heterocycles. The third-order valence-electron chi connectivity index (χ3n) is 4.62. The van der Waals surface area contributed by atoms with Crippen molar-refractivity contribution in [2.45, 2.75) is 25.4 Å². The van der Waals surface area contributed by atoms with E-state index in [1.165, 1.54) is 12.1 Å². The predicted molar refractivity (Wildman–Crippen MR) is 97.8 cm³/mol. The summed E-state index contributed by atoms with van der Waals surface area (Å²) in [6.45, 7) is 0.274. The smallest absolute Gasteiger partial charge is 0.257 e. The molecule has 6 heteroatoms. The van der Waals surface area contributed by atoms with Gasteiger partial charge in [-0.1, -0.05) is 29.4 Å². The van der Waals surface area contributed by atoms with Crippen molar-refractivity contribution in [3.8, 4) is 17.1 Å². The third kappa shape index (κ3) is 3.56. The third-order valence-corrected chi connectivity index (χ3v) is 4.62. The number of ether oxygens (including phenoxy) is 1. The molecule has 138 valence electrons. The SMILES string of the molecule is COc1ccccc1-c1cc(CN(C(=O)c2ccccc2F)C2CC2)no1. The minimum absolute atomic E-state index is 0.0813. The molecule has 4 rings (SSSR count). The van der Waals surface area contributed by atoms with E-state index in [4.69, 9.17) is 9.26 Å². The maximum atomic E-state index is 14.0. The van der Waals surface area contributed by atoms with Gasteiger partial charge in [0.25, 0.3) is 5.91 Å². The van der Waals surface area contributed by atoms with E-state index in [1.54, 1.807) is 30.2 Å². The molecular formula is C21H19FN2O3. The molecule has 1 aliphatic carbocycles. The van der Waals surface area contributed by atoms with E-state index in [0.29, 0.717) is 17.2 Å². The van der Waals surface area contributed by atoms with Crippen LogP contribution in [0.25, 0.3) is 11.3 Å². The summed E-state index contributed by atoms with van der Waals surface area (Å²) in [6.07, 6.45) is 1.83. The van der Waals surface area contributed by atoms with Crippen molar-refractivity contribution >= 4 is 5.91 Å². The molecule has 1 fully saturated rings. The van der Waals surface area contributed by atoms with Crippen molar-refractivity contribution in [3.63, 3.8) is 0 Å². The molecular weight excluding hydrogens is 347 g/mol. The van der Waals surface area contributed by atoms with Gasteiger partial charge in [0.1, 0.15) is 17.3 Å². The molecule has 1 heterocycles.